The number of rotatable bonds is 6. The monoisotopic (exact) mass is 316 g/mol. The zero-order chi connectivity index (χ0) is 15.5. The zero-order valence-corrected chi connectivity index (χ0v) is 13.7. The maximum absolute atomic E-state index is 11.8. The number of nitrogens with one attached hydrogen (secondary N) is 2. The second kappa shape index (κ2) is 6.54. The van der Waals surface area contributed by atoms with Crippen LogP contribution in [0.4, 0.5) is 5.13 Å². The number of carbonyl (C=O) groups excluding carboxylic acids is 1. The first-order valence-corrected chi connectivity index (χ1v) is 8.34. The van der Waals surface area contributed by atoms with E-state index in [0.717, 1.165) is 23.0 Å². The molecule has 1 aromatic heterocycles. The van der Waals surface area contributed by atoms with Crippen LogP contribution in [0.15, 0.2) is 18.2 Å². The van der Waals surface area contributed by atoms with E-state index in [4.69, 9.17) is 0 Å². The van der Waals surface area contributed by atoms with E-state index in [1.54, 1.807) is 0 Å². The van der Waals surface area contributed by atoms with Gasteiger partial charge in [-0.2, -0.15) is 0 Å². The minimum absolute atomic E-state index is 0.0660. The molecule has 1 amide bonds. The van der Waals surface area contributed by atoms with Gasteiger partial charge in [0.2, 0.25) is 11.0 Å². The number of nitrogens with zero attached hydrogens (tertiary/aromatic N) is 2. The zero-order valence-electron chi connectivity index (χ0n) is 12.8. The fourth-order valence-corrected chi connectivity index (χ4v) is 3.11. The van der Waals surface area contributed by atoms with E-state index in [0.29, 0.717) is 11.7 Å². The Labute approximate surface area is 134 Å². The van der Waals surface area contributed by atoms with Crippen molar-refractivity contribution in [2.75, 3.05) is 18.4 Å². The number of aryl methyl sites for hydroxylation is 2. The number of benzene rings is 1. The molecule has 2 N–H and O–H groups in total. The van der Waals surface area contributed by atoms with E-state index in [2.05, 4.69) is 52.9 Å². The maximum atomic E-state index is 11.8. The molecule has 0 unspecified atom stereocenters. The van der Waals surface area contributed by atoms with Gasteiger partial charge < -0.3 is 5.32 Å². The smallest absolute Gasteiger partial charge is 0.240 e. The lowest BCUT2D eigenvalue weighted by Crippen LogP contribution is -2.29. The topological polar surface area (TPSA) is 66.9 Å². The van der Waals surface area contributed by atoms with Crippen LogP contribution in [0.25, 0.3) is 10.6 Å². The van der Waals surface area contributed by atoms with Crippen molar-refractivity contribution in [1.82, 2.24) is 15.5 Å². The Bertz CT molecular complexity index is 658. The molecule has 0 bridgehead atoms. The lowest BCUT2D eigenvalue weighted by atomic mass is 10.1. The predicted molar refractivity (Wildman–Crippen MR) is 89.0 cm³/mol. The van der Waals surface area contributed by atoms with Crippen molar-refractivity contribution < 1.29 is 4.79 Å². The number of aromatic nitrogens is 2. The van der Waals surface area contributed by atoms with E-state index in [-0.39, 0.29) is 5.91 Å². The summed E-state index contributed by atoms with van der Waals surface area (Å²) in [7, 11) is 0. The molecule has 0 atom stereocenters. The SMILES string of the molecule is Cc1cc(C)cc(-c2nnc(NC(=O)CNCC3CC3)s2)c1. The third kappa shape index (κ3) is 4.11. The van der Waals surface area contributed by atoms with Gasteiger partial charge in [0, 0.05) is 5.56 Å². The van der Waals surface area contributed by atoms with E-state index in [9.17, 15) is 4.79 Å². The number of hydrogen-bond donors (Lipinski definition) is 2. The summed E-state index contributed by atoms with van der Waals surface area (Å²) in [6.07, 6.45) is 2.56. The molecule has 0 aliphatic heterocycles. The van der Waals surface area contributed by atoms with Crippen LogP contribution in [0, 0.1) is 19.8 Å². The largest absolute Gasteiger partial charge is 0.308 e. The van der Waals surface area contributed by atoms with Gasteiger partial charge in [-0.1, -0.05) is 28.5 Å². The number of carbonyl (C=O) groups is 1. The highest BCUT2D eigenvalue weighted by Crippen LogP contribution is 2.28. The van der Waals surface area contributed by atoms with Gasteiger partial charge in [0.1, 0.15) is 5.01 Å². The Hall–Kier alpha value is -1.79. The minimum atomic E-state index is -0.0660. The van der Waals surface area contributed by atoms with Gasteiger partial charge in [-0.05, 0) is 51.3 Å². The molecule has 1 saturated carbocycles. The molecule has 1 fully saturated rings. The lowest BCUT2D eigenvalue weighted by Gasteiger charge is -2.02. The Morgan fingerprint density at radius 1 is 1.23 bits per heavy atom. The highest BCUT2D eigenvalue weighted by molar-refractivity contribution is 7.18. The van der Waals surface area contributed by atoms with Crippen LogP contribution in [-0.2, 0) is 4.79 Å². The molecule has 0 radical (unpaired) electrons. The average Bonchev–Trinajstić information content (AvgIpc) is 3.15. The molecular weight excluding hydrogens is 296 g/mol. The van der Waals surface area contributed by atoms with Gasteiger partial charge in [0.25, 0.3) is 0 Å². The Morgan fingerprint density at radius 2 is 1.95 bits per heavy atom. The summed E-state index contributed by atoms with van der Waals surface area (Å²) in [5.74, 6) is 0.703. The fourth-order valence-electron chi connectivity index (χ4n) is 2.36. The molecule has 22 heavy (non-hydrogen) atoms. The highest BCUT2D eigenvalue weighted by atomic mass is 32.1. The van der Waals surface area contributed by atoms with Crippen LogP contribution in [0.2, 0.25) is 0 Å². The van der Waals surface area contributed by atoms with Gasteiger partial charge in [0.05, 0.1) is 6.54 Å². The molecule has 0 saturated heterocycles. The number of anilines is 1. The second-order valence-corrected chi connectivity index (χ2v) is 6.89. The summed E-state index contributed by atoms with van der Waals surface area (Å²) < 4.78 is 0. The van der Waals surface area contributed by atoms with Gasteiger partial charge in [-0.25, -0.2) is 0 Å². The first kappa shape index (κ1) is 15.1. The third-order valence-electron chi connectivity index (χ3n) is 3.56. The molecule has 1 aliphatic rings. The van der Waals surface area contributed by atoms with Gasteiger partial charge >= 0.3 is 0 Å². The summed E-state index contributed by atoms with van der Waals surface area (Å²) >= 11 is 1.40. The summed E-state index contributed by atoms with van der Waals surface area (Å²) in [6.45, 7) is 5.38. The normalized spacial score (nSPS) is 14.1. The van der Waals surface area contributed by atoms with Crippen molar-refractivity contribution >= 4 is 22.4 Å². The van der Waals surface area contributed by atoms with Crippen LogP contribution in [-0.4, -0.2) is 29.2 Å². The van der Waals surface area contributed by atoms with Crippen LogP contribution in [0.3, 0.4) is 0 Å². The molecule has 2 aromatic rings. The molecule has 3 rings (SSSR count). The third-order valence-corrected chi connectivity index (χ3v) is 4.44. The van der Waals surface area contributed by atoms with Gasteiger partial charge in [0.15, 0.2) is 0 Å². The molecular formula is C16H20N4OS. The summed E-state index contributed by atoms with van der Waals surface area (Å²) in [5.41, 5.74) is 3.43. The number of amides is 1. The molecule has 116 valence electrons. The number of hydrogen-bond acceptors (Lipinski definition) is 5. The first-order chi connectivity index (χ1) is 10.6. The van der Waals surface area contributed by atoms with Crippen molar-refractivity contribution in [1.29, 1.82) is 0 Å². The van der Waals surface area contributed by atoms with E-state index in [1.807, 2.05) is 0 Å². The van der Waals surface area contributed by atoms with Crippen LogP contribution in [0.1, 0.15) is 24.0 Å². The predicted octanol–water partition coefficient (Wildman–Crippen LogP) is 2.76. The van der Waals surface area contributed by atoms with E-state index >= 15 is 0 Å². The van der Waals surface area contributed by atoms with Crippen molar-refractivity contribution in [3.05, 3.63) is 29.3 Å². The van der Waals surface area contributed by atoms with E-state index in [1.165, 1.54) is 35.3 Å². The van der Waals surface area contributed by atoms with Crippen LogP contribution >= 0.6 is 11.3 Å². The Morgan fingerprint density at radius 3 is 2.64 bits per heavy atom. The standard InChI is InChI=1S/C16H20N4OS/c1-10-5-11(2)7-13(6-10)15-19-20-16(22-15)18-14(21)9-17-8-12-3-4-12/h5-7,12,17H,3-4,8-9H2,1-2H3,(H,18,20,21). The minimum Gasteiger partial charge on any atom is -0.308 e. The average molecular weight is 316 g/mol. The molecule has 0 spiro atoms. The fraction of sp³-hybridized carbons (Fsp3) is 0.438. The molecule has 6 heteroatoms. The highest BCUT2D eigenvalue weighted by Gasteiger charge is 2.20. The quantitative estimate of drug-likeness (QED) is 0.860. The van der Waals surface area contributed by atoms with Crippen molar-refractivity contribution in [2.45, 2.75) is 26.7 Å². The van der Waals surface area contributed by atoms with E-state index < -0.39 is 0 Å². The molecule has 1 aromatic carbocycles. The van der Waals surface area contributed by atoms with Crippen molar-refractivity contribution in [2.24, 2.45) is 5.92 Å². The maximum Gasteiger partial charge on any atom is 0.240 e. The van der Waals surface area contributed by atoms with Crippen LogP contribution < -0.4 is 10.6 Å². The Kier molecular flexibility index (Phi) is 4.49. The van der Waals surface area contributed by atoms with Crippen molar-refractivity contribution in [3.8, 4) is 10.6 Å². The van der Waals surface area contributed by atoms with Crippen molar-refractivity contribution in [3.63, 3.8) is 0 Å². The van der Waals surface area contributed by atoms with Gasteiger partial charge in [-0.3, -0.25) is 10.1 Å². The lowest BCUT2D eigenvalue weighted by molar-refractivity contribution is -0.115. The summed E-state index contributed by atoms with van der Waals surface area (Å²) in [6, 6.07) is 6.28. The summed E-state index contributed by atoms with van der Waals surface area (Å²) in [5, 5.41) is 15.6. The summed E-state index contributed by atoms with van der Waals surface area (Å²) in [4.78, 5) is 11.8. The Balaban J connectivity index is 1.59. The molecule has 1 heterocycles. The van der Waals surface area contributed by atoms with Gasteiger partial charge in [-0.15, -0.1) is 10.2 Å². The van der Waals surface area contributed by atoms with Crippen LogP contribution in [0.5, 0.6) is 0 Å². The molecule has 5 nitrogen and oxygen atoms in total. The second-order valence-electron chi connectivity index (χ2n) is 5.91. The molecule has 1 aliphatic carbocycles. The first-order valence-electron chi connectivity index (χ1n) is 7.53.